The molecule has 0 aliphatic heterocycles. The van der Waals surface area contributed by atoms with Crippen molar-refractivity contribution < 1.29 is 4.74 Å². The molecule has 4 N–H and O–H groups in total. The third-order valence-corrected chi connectivity index (χ3v) is 2.27. The van der Waals surface area contributed by atoms with Crippen LogP contribution < -0.4 is 16.4 Å². The Labute approximate surface area is 122 Å². The molecule has 6 heteroatoms. The Hall–Kier alpha value is -1.53. The van der Waals surface area contributed by atoms with E-state index < -0.39 is 0 Å². The Kier molecular flexibility index (Phi) is 10.4. The van der Waals surface area contributed by atoms with Gasteiger partial charge in [-0.25, -0.2) is 0 Å². The highest BCUT2D eigenvalue weighted by Crippen LogP contribution is 2.01. The van der Waals surface area contributed by atoms with E-state index in [1.807, 2.05) is 44.1 Å². The van der Waals surface area contributed by atoms with Crippen LogP contribution in [0.3, 0.4) is 0 Å². The van der Waals surface area contributed by atoms with Crippen molar-refractivity contribution in [1.82, 2.24) is 15.5 Å². The molecule has 6 nitrogen and oxygen atoms in total. The van der Waals surface area contributed by atoms with Crippen LogP contribution in [0.5, 0.6) is 0 Å². The molecular weight excluding hydrogens is 254 g/mol. The van der Waals surface area contributed by atoms with Gasteiger partial charge in [0.05, 0.1) is 6.67 Å². The van der Waals surface area contributed by atoms with E-state index in [2.05, 4.69) is 22.5 Å². The molecule has 0 spiro atoms. The lowest BCUT2D eigenvalue weighted by Crippen LogP contribution is -2.51. The zero-order valence-electron chi connectivity index (χ0n) is 13.3. The monoisotopic (exact) mass is 283 g/mol. The number of hydrogen-bond acceptors (Lipinski definition) is 4. The van der Waals surface area contributed by atoms with E-state index in [-0.39, 0.29) is 6.17 Å². The van der Waals surface area contributed by atoms with Gasteiger partial charge in [-0.1, -0.05) is 13.0 Å². The first-order valence-electron chi connectivity index (χ1n) is 6.86. The Balaban J connectivity index is 4.19. The highest BCUT2D eigenvalue weighted by atomic mass is 16.5. The molecule has 0 amide bonds. The van der Waals surface area contributed by atoms with E-state index in [1.165, 1.54) is 0 Å². The molecule has 0 aliphatic carbocycles. The van der Waals surface area contributed by atoms with Crippen LogP contribution >= 0.6 is 0 Å². The third-order valence-electron chi connectivity index (χ3n) is 2.27. The maximum Gasteiger partial charge on any atom is 0.193 e. The van der Waals surface area contributed by atoms with Gasteiger partial charge >= 0.3 is 0 Å². The molecule has 0 aromatic carbocycles. The zero-order chi connectivity index (χ0) is 15.4. The summed E-state index contributed by atoms with van der Waals surface area (Å²) in [5.74, 6) is 1.49. The minimum Gasteiger partial charge on any atom is -0.490 e. The summed E-state index contributed by atoms with van der Waals surface area (Å²) in [6.07, 6.45) is 6.49. The normalized spacial score (nSPS) is 14.8. The molecule has 0 heterocycles. The number of guanidine groups is 1. The van der Waals surface area contributed by atoms with Crippen molar-refractivity contribution in [3.8, 4) is 0 Å². The average molecular weight is 283 g/mol. The summed E-state index contributed by atoms with van der Waals surface area (Å²) in [6, 6.07) is 0. The van der Waals surface area contributed by atoms with E-state index in [0.717, 1.165) is 12.2 Å². The topological polar surface area (TPSA) is 74.9 Å². The molecule has 0 saturated heterocycles. The molecule has 0 aliphatic rings. The first-order valence-corrected chi connectivity index (χ1v) is 6.86. The van der Waals surface area contributed by atoms with E-state index >= 15 is 0 Å². The molecule has 0 saturated carbocycles. The van der Waals surface area contributed by atoms with Crippen LogP contribution in [0.15, 0.2) is 29.0 Å². The molecule has 0 fully saturated rings. The standard InChI is InChI=1S/C14H29N5O/c1-6-8-12(9-7-2)20-10-13(15)18-14(16-3)17-11-19(4)5/h6,8-9,13H,7,10-11,15H2,1-5H3,(H2,16,17,18)/b8-6-,12-9+. The van der Waals surface area contributed by atoms with Gasteiger partial charge in [-0.2, -0.15) is 0 Å². The molecule has 0 aromatic rings. The number of hydrogen-bond donors (Lipinski definition) is 3. The van der Waals surface area contributed by atoms with Crippen LogP contribution in [0, 0.1) is 0 Å². The Bertz CT molecular complexity index is 336. The predicted molar refractivity (Wildman–Crippen MR) is 85.3 cm³/mol. The van der Waals surface area contributed by atoms with Gasteiger partial charge in [0.25, 0.3) is 0 Å². The Morgan fingerprint density at radius 2 is 2.15 bits per heavy atom. The van der Waals surface area contributed by atoms with Crippen molar-refractivity contribution in [3.05, 3.63) is 24.0 Å². The number of ether oxygens (including phenoxy) is 1. The molecule has 1 atom stereocenters. The second kappa shape index (κ2) is 11.3. The van der Waals surface area contributed by atoms with Crippen molar-refractivity contribution in [3.63, 3.8) is 0 Å². The van der Waals surface area contributed by atoms with Crippen molar-refractivity contribution >= 4 is 5.96 Å². The highest BCUT2D eigenvalue weighted by molar-refractivity contribution is 5.79. The van der Waals surface area contributed by atoms with Crippen LogP contribution in [0.1, 0.15) is 20.3 Å². The predicted octanol–water partition coefficient (Wildman–Crippen LogP) is 0.842. The molecule has 116 valence electrons. The van der Waals surface area contributed by atoms with Gasteiger partial charge in [-0.05, 0) is 39.6 Å². The maximum atomic E-state index is 5.98. The summed E-state index contributed by atoms with van der Waals surface area (Å²) < 4.78 is 5.65. The van der Waals surface area contributed by atoms with Crippen molar-refractivity contribution in [1.29, 1.82) is 0 Å². The van der Waals surface area contributed by atoms with E-state index in [0.29, 0.717) is 19.2 Å². The summed E-state index contributed by atoms with van der Waals surface area (Å²) >= 11 is 0. The maximum absolute atomic E-state index is 5.98. The summed E-state index contributed by atoms with van der Waals surface area (Å²) in [5, 5.41) is 6.21. The van der Waals surface area contributed by atoms with Gasteiger partial charge in [-0.15, -0.1) is 0 Å². The van der Waals surface area contributed by atoms with Gasteiger partial charge in [-0.3, -0.25) is 9.89 Å². The van der Waals surface area contributed by atoms with Gasteiger partial charge in [0.15, 0.2) is 5.96 Å². The quantitative estimate of drug-likeness (QED) is 0.202. The molecular formula is C14H29N5O. The lowest BCUT2D eigenvalue weighted by molar-refractivity contribution is 0.197. The summed E-state index contributed by atoms with van der Waals surface area (Å²) in [7, 11) is 5.66. The third kappa shape index (κ3) is 9.41. The van der Waals surface area contributed by atoms with Gasteiger partial charge < -0.3 is 21.1 Å². The fourth-order valence-electron chi connectivity index (χ4n) is 1.37. The molecule has 20 heavy (non-hydrogen) atoms. The summed E-state index contributed by atoms with van der Waals surface area (Å²) in [6.45, 7) is 5.09. The number of rotatable bonds is 8. The minimum absolute atomic E-state index is 0.325. The Morgan fingerprint density at radius 3 is 2.65 bits per heavy atom. The summed E-state index contributed by atoms with van der Waals surface area (Å²) in [5.41, 5.74) is 5.98. The number of aliphatic imine (C=N–C) groups is 1. The van der Waals surface area contributed by atoms with E-state index in [9.17, 15) is 0 Å². The van der Waals surface area contributed by atoms with Crippen molar-refractivity contribution in [2.24, 2.45) is 10.7 Å². The number of nitrogens with zero attached hydrogens (tertiary/aromatic N) is 2. The first-order chi connectivity index (χ1) is 9.53. The largest absolute Gasteiger partial charge is 0.490 e. The number of nitrogens with one attached hydrogen (secondary N) is 2. The fraction of sp³-hybridized carbons (Fsp3) is 0.643. The minimum atomic E-state index is -0.325. The molecule has 0 radical (unpaired) electrons. The van der Waals surface area contributed by atoms with Gasteiger partial charge in [0, 0.05) is 7.05 Å². The number of allylic oxidation sites excluding steroid dienone is 3. The van der Waals surface area contributed by atoms with Crippen LogP contribution in [-0.4, -0.2) is 51.4 Å². The zero-order valence-corrected chi connectivity index (χ0v) is 13.3. The smallest absolute Gasteiger partial charge is 0.193 e. The van der Waals surface area contributed by atoms with Gasteiger partial charge in [0.1, 0.15) is 18.5 Å². The van der Waals surface area contributed by atoms with Crippen LogP contribution in [0.2, 0.25) is 0 Å². The second-order valence-electron chi connectivity index (χ2n) is 4.56. The van der Waals surface area contributed by atoms with E-state index in [1.54, 1.807) is 7.05 Å². The highest BCUT2D eigenvalue weighted by Gasteiger charge is 2.06. The molecule has 0 rings (SSSR count). The molecule has 0 aromatic heterocycles. The molecule has 1 unspecified atom stereocenters. The van der Waals surface area contributed by atoms with Crippen molar-refractivity contribution in [2.45, 2.75) is 26.4 Å². The Morgan fingerprint density at radius 1 is 1.45 bits per heavy atom. The van der Waals surface area contributed by atoms with Crippen molar-refractivity contribution in [2.75, 3.05) is 34.4 Å². The SMILES string of the molecule is C/C=C\C(=C/CC)OCC(N)NC(=NC)NCN(C)C. The molecule has 0 bridgehead atoms. The van der Waals surface area contributed by atoms with Crippen LogP contribution in [0.4, 0.5) is 0 Å². The van der Waals surface area contributed by atoms with Crippen LogP contribution in [-0.2, 0) is 4.74 Å². The second-order valence-corrected chi connectivity index (χ2v) is 4.56. The van der Waals surface area contributed by atoms with Gasteiger partial charge in [0.2, 0.25) is 0 Å². The first kappa shape index (κ1) is 18.5. The lowest BCUT2D eigenvalue weighted by atomic mass is 10.3. The fourth-order valence-corrected chi connectivity index (χ4v) is 1.37. The van der Waals surface area contributed by atoms with E-state index in [4.69, 9.17) is 10.5 Å². The van der Waals surface area contributed by atoms with Crippen LogP contribution in [0.25, 0.3) is 0 Å². The average Bonchev–Trinajstić information content (AvgIpc) is 2.41. The lowest BCUT2D eigenvalue weighted by Gasteiger charge is -2.20. The summed E-state index contributed by atoms with van der Waals surface area (Å²) in [4.78, 5) is 6.11. The number of nitrogens with two attached hydrogens (primary N) is 1.